The van der Waals surface area contributed by atoms with Crippen molar-refractivity contribution in [2.75, 3.05) is 40.4 Å². The summed E-state index contributed by atoms with van der Waals surface area (Å²) in [5, 5.41) is 3.35. The Balaban J connectivity index is 3.18. The summed E-state index contributed by atoms with van der Waals surface area (Å²) < 4.78 is 4.95. The van der Waals surface area contributed by atoms with Crippen molar-refractivity contribution in [3.8, 4) is 0 Å². The van der Waals surface area contributed by atoms with Gasteiger partial charge in [0.2, 0.25) is 0 Å². The summed E-state index contributed by atoms with van der Waals surface area (Å²) in [7, 11) is 3.93. The van der Waals surface area contributed by atoms with E-state index in [0.29, 0.717) is 6.04 Å². The van der Waals surface area contributed by atoms with E-state index in [1.54, 1.807) is 7.11 Å². The Hall–Kier alpha value is -0.120. The Labute approximate surface area is 88.8 Å². The predicted molar refractivity (Wildman–Crippen MR) is 61.7 cm³/mol. The van der Waals surface area contributed by atoms with Gasteiger partial charge in [0, 0.05) is 19.7 Å². The topological polar surface area (TPSA) is 24.5 Å². The number of nitrogens with one attached hydrogen (secondary N) is 1. The highest BCUT2D eigenvalue weighted by Gasteiger charge is 2.04. The Kier molecular flexibility index (Phi) is 9.35. The quantitative estimate of drug-likeness (QED) is 0.571. The Morgan fingerprint density at radius 3 is 2.64 bits per heavy atom. The van der Waals surface area contributed by atoms with Crippen molar-refractivity contribution >= 4 is 0 Å². The summed E-state index contributed by atoms with van der Waals surface area (Å²) in [5.74, 6) is 0. The number of ether oxygens (including phenoxy) is 1. The molecule has 0 aliphatic rings. The molecular formula is C11H26N2O. The molecule has 3 nitrogen and oxygen atoms in total. The molecule has 1 atom stereocenters. The first-order valence-electron chi connectivity index (χ1n) is 5.62. The van der Waals surface area contributed by atoms with Crippen LogP contribution in [0.5, 0.6) is 0 Å². The number of nitrogens with zero attached hydrogens (tertiary/aromatic N) is 1. The smallest absolute Gasteiger partial charge is 0.0587 e. The van der Waals surface area contributed by atoms with E-state index in [-0.39, 0.29) is 0 Å². The maximum atomic E-state index is 4.95. The summed E-state index contributed by atoms with van der Waals surface area (Å²) in [6.45, 7) is 8.54. The van der Waals surface area contributed by atoms with Crippen LogP contribution in [-0.2, 0) is 4.74 Å². The van der Waals surface area contributed by atoms with Gasteiger partial charge in [0.05, 0.1) is 6.61 Å². The molecular weight excluding hydrogens is 176 g/mol. The molecule has 0 saturated carbocycles. The van der Waals surface area contributed by atoms with Crippen molar-refractivity contribution in [3.63, 3.8) is 0 Å². The highest BCUT2D eigenvalue weighted by molar-refractivity contribution is 4.61. The summed E-state index contributed by atoms with van der Waals surface area (Å²) in [6, 6.07) is 0.703. The van der Waals surface area contributed by atoms with Gasteiger partial charge in [0.15, 0.2) is 0 Å². The fourth-order valence-corrected chi connectivity index (χ4v) is 1.28. The lowest BCUT2D eigenvalue weighted by atomic mass is 10.2. The minimum Gasteiger partial charge on any atom is -0.383 e. The molecule has 1 N–H and O–H groups in total. The van der Waals surface area contributed by atoms with E-state index in [2.05, 4.69) is 31.1 Å². The molecule has 0 aromatic carbocycles. The van der Waals surface area contributed by atoms with E-state index in [1.165, 1.54) is 19.4 Å². The third kappa shape index (κ3) is 7.30. The lowest BCUT2D eigenvalue weighted by Crippen LogP contribution is -2.31. The monoisotopic (exact) mass is 202 g/mol. The molecule has 0 aliphatic heterocycles. The van der Waals surface area contributed by atoms with Crippen LogP contribution in [0.4, 0.5) is 0 Å². The molecule has 0 spiro atoms. The third-order valence-corrected chi connectivity index (χ3v) is 2.69. The van der Waals surface area contributed by atoms with E-state index in [0.717, 1.165) is 19.7 Å². The molecule has 0 saturated heterocycles. The van der Waals surface area contributed by atoms with Crippen molar-refractivity contribution in [3.05, 3.63) is 0 Å². The molecule has 0 amide bonds. The van der Waals surface area contributed by atoms with Crippen molar-refractivity contribution in [2.24, 2.45) is 0 Å². The van der Waals surface area contributed by atoms with Crippen LogP contribution in [0, 0.1) is 0 Å². The average molecular weight is 202 g/mol. The molecule has 0 bridgehead atoms. The van der Waals surface area contributed by atoms with E-state index >= 15 is 0 Å². The molecule has 0 aromatic heterocycles. The fourth-order valence-electron chi connectivity index (χ4n) is 1.28. The van der Waals surface area contributed by atoms with Gasteiger partial charge in [-0.3, -0.25) is 0 Å². The molecule has 0 radical (unpaired) electrons. The van der Waals surface area contributed by atoms with Crippen molar-refractivity contribution in [1.82, 2.24) is 10.2 Å². The molecule has 86 valence electrons. The van der Waals surface area contributed by atoms with Crippen LogP contribution in [-0.4, -0.2) is 51.3 Å². The second-order valence-electron chi connectivity index (χ2n) is 3.83. The number of methoxy groups -OCH3 is 1. The van der Waals surface area contributed by atoms with Gasteiger partial charge < -0.3 is 15.0 Å². The van der Waals surface area contributed by atoms with E-state index < -0.39 is 0 Å². The van der Waals surface area contributed by atoms with Crippen LogP contribution in [0.15, 0.2) is 0 Å². The summed E-state index contributed by atoms with van der Waals surface area (Å²) in [6.07, 6.45) is 2.44. The average Bonchev–Trinajstić information content (AvgIpc) is 2.21. The van der Waals surface area contributed by atoms with Crippen LogP contribution in [0.2, 0.25) is 0 Å². The van der Waals surface area contributed by atoms with Gasteiger partial charge in [0.1, 0.15) is 0 Å². The molecule has 0 fully saturated rings. The molecule has 0 aliphatic carbocycles. The van der Waals surface area contributed by atoms with Crippen molar-refractivity contribution in [2.45, 2.75) is 32.7 Å². The number of hydrogen-bond acceptors (Lipinski definition) is 3. The third-order valence-electron chi connectivity index (χ3n) is 2.69. The minimum absolute atomic E-state index is 0.703. The van der Waals surface area contributed by atoms with Crippen LogP contribution < -0.4 is 5.32 Å². The highest BCUT2D eigenvalue weighted by atomic mass is 16.5. The SMILES string of the molecule is CCC(C)N(C)CCCNCCOC. The van der Waals surface area contributed by atoms with Gasteiger partial charge >= 0.3 is 0 Å². The minimum atomic E-state index is 0.703. The van der Waals surface area contributed by atoms with Crippen LogP contribution >= 0.6 is 0 Å². The second kappa shape index (κ2) is 9.44. The van der Waals surface area contributed by atoms with Crippen LogP contribution in [0.25, 0.3) is 0 Å². The zero-order valence-electron chi connectivity index (χ0n) is 10.2. The zero-order valence-corrected chi connectivity index (χ0v) is 10.2. The molecule has 0 aromatic rings. The van der Waals surface area contributed by atoms with Gasteiger partial charge in [0.25, 0.3) is 0 Å². The predicted octanol–water partition coefficient (Wildman–Crippen LogP) is 1.34. The Morgan fingerprint density at radius 2 is 2.07 bits per heavy atom. The molecule has 3 heteroatoms. The van der Waals surface area contributed by atoms with Crippen LogP contribution in [0.1, 0.15) is 26.7 Å². The van der Waals surface area contributed by atoms with Crippen LogP contribution in [0.3, 0.4) is 0 Å². The molecule has 14 heavy (non-hydrogen) atoms. The lowest BCUT2D eigenvalue weighted by Gasteiger charge is -2.23. The van der Waals surface area contributed by atoms with E-state index in [9.17, 15) is 0 Å². The zero-order chi connectivity index (χ0) is 10.8. The highest BCUT2D eigenvalue weighted by Crippen LogP contribution is 1.99. The Bertz CT molecular complexity index is 120. The van der Waals surface area contributed by atoms with E-state index in [1.807, 2.05) is 0 Å². The Morgan fingerprint density at radius 1 is 1.36 bits per heavy atom. The van der Waals surface area contributed by atoms with E-state index in [4.69, 9.17) is 4.74 Å². The maximum Gasteiger partial charge on any atom is 0.0587 e. The van der Waals surface area contributed by atoms with Gasteiger partial charge in [-0.1, -0.05) is 6.92 Å². The van der Waals surface area contributed by atoms with Crippen molar-refractivity contribution < 1.29 is 4.74 Å². The van der Waals surface area contributed by atoms with Gasteiger partial charge in [-0.05, 0) is 39.9 Å². The standard InChI is InChI=1S/C11H26N2O/c1-5-11(2)13(3)9-6-7-12-8-10-14-4/h11-12H,5-10H2,1-4H3. The summed E-state index contributed by atoms with van der Waals surface area (Å²) >= 11 is 0. The first kappa shape index (κ1) is 13.9. The fraction of sp³-hybridized carbons (Fsp3) is 1.00. The number of rotatable bonds is 9. The number of hydrogen-bond donors (Lipinski definition) is 1. The summed E-state index contributed by atoms with van der Waals surface area (Å²) in [4.78, 5) is 2.41. The second-order valence-corrected chi connectivity index (χ2v) is 3.83. The molecule has 0 heterocycles. The maximum absolute atomic E-state index is 4.95. The summed E-state index contributed by atoms with van der Waals surface area (Å²) in [5.41, 5.74) is 0. The van der Waals surface area contributed by atoms with Crippen molar-refractivity contribution in [1.29, 1.82) is 0 Å². The normalized spacial score (nSPS) is 13.5. The molecule has 0 rings (SSSR count). The molecule has 1 unspecified atom stereocenters. The first-order valence-corrected chi connectivity index (χ1v) is 5.62. The van der Waals surface area contributed by atoms with Gasteiger partial charge in [-0.25, -0.2) is 0 Å². The van der Waals surface area contributed by atoms with Gasteiger partial charge in [-0.15, -0.1) is 0 Å². The largest absolute Gasteiger partial charge is 0.383 e. The first-order chi connectivity index (χ1) is 6.72. The van der Waals surface area contributed by atoms with Gasteiger partial charge in [-0.2, -0.15) is 0 Å². The lowest BCUT2D eigenvalue weighted by molar-refractivity contribution is 0.198.